The first kappa shape index (κ1) is 23.9. The topological polar surface area (TPSA) is 82.4 Å². The Labute approximate surface area is 194 Å². The lowest BCUT2D eigenvalue weighted by Gasteiger charge is -2.39. The maximum Gasteiger partial charge on any atom is 0.232 e. The van der Waals surface area contributed by atoms with Crippen LogP contribution in [-0.2, 0) is 9.59 Å². The number of hydrogen-bond acceptors (Lipinski definition) is 6. The zero-order valence-electron chi connectivity index (χ0n) is 19.4. The lowest BCUT2D eigenvalue weighted by atomic mass is 9.69. The van der Waals surface area contributed by atoms with Crippen molar-refractivity contribution >= 4 is 23.5 Å². The number of carbonyl (C=O) groups is 2. The zero-order valence-corrected chi connectivity index (χ0v) is 20.3. The molecule has 1 N–H and O–H groups in total. The van der Waals surface area contributed by atoms with Crippen molar-refractivity contribution in [1.82, 2.24) is 10.2 Å². The first-order valence-corrected chi connectivity index (χ1v) is 11.9. The number of nitriles is 1. The average molecular weight is 454 g/mol. The highest BCUT2D eigenvalue weighted by atomic mass is 32.2. The second-order valence-corrected chi connectivity index (χ2v) is 9.86. The summed E-state index contributed by atoms with van der Waals surface area (Å²) in [4.78, 5) is 27.6. The van der Waals surface area contributed by atoms with E-state index in [1.165, 1.54) is 11.8 Å². The molecule has 32 heavy (non-hydrogen) atoms. The van der Waals surface area contributed by atoms with Gasteiger partial charge in [-0.15, -0.1) is 0 Å². The molecule has 0 saturated heterocycles. The van der Waals surface area contributed by atoms with Crippen LogP contribution < -0.4 is 10.1 Å². The molecule has 1 unspecified atom stereocenters. The number of rotatable bonds is 7. The van der Waals surface area contributed by atoms with Crippen LogP contribution in [0.3, 0.4) is 0 Å². The first-order valence-electron chi connectivity index (χ1n) is 11.0. The number of carbonyl (C=O) groups excluding carboxylic acids is 2. The third-order valence-corrected chi connectivity index (χ3v) is 7.03. The minimum atomic E-state index is -0.447. The lowest BCUT2D eigenvalue weighted by Crippen LogP contribution is -2.37. The number of thioether (sulfide) groups is 1. The Morgan fingerprint density at radius 1 is 1.25 bits per heavy atom. The Hall–Kier alpha value is -2.72. The Morgan fingerprint density at radius 3 is 2.47 bits per heavy atom. The third-order valence-electron chi connectivity index (χ3n) is 6.03. The molecule has 1 atom stereocenters. The summed E-state index contributed by atoms with van der Waals surface area (Å²) in [6, 6.07) is 9.86. The van der Waals surface area contributed by atoms with Crippen molar-refractivity contribution in [2.75, 3.05) is 26.0 Å². The van der Waals surface area contributed by atoms with Gasteiger partial charge in [0.2, 0.25) is 5.91 Å². The molecule has 0 fully saturated rings. The van der Waals surface area contributed by atoms with Gasteiger partial charge in [0, 0.05) is 30.8 Å². The predicted molar refractivity (Wildman–Crippen MR) is 127 cm³/mol. The van der Waals surface area contributed by atoms with Crippen molar-refractivity contribution in [2.24, 2.45) is 5.41 Å². The van der Waals surface area contributed by atoms with Crippen LogP contribution in [0, 0.1) is 16.7 Å². The van der Waals surface area contributed by atoms with Gasteiger partial charge in [-0.05, 0) is 43.4 Å². The molecule has 1 aliphatic carbocycles. The van der Waals surface area contributed by atoms with Crippen LogP contribution in [-0.4, -0.2) is 42.5 Å². The van der Waals surface area contributed by atoms with E-state index < -0.39 is 5.92 Å². The highest BCUT2D eigenvalue weighted by Gasteiger charge is 2.42. The quantitative estimate of drug-likeness (QED) is 0.660. The van der Waals surface area contributed by atoms with Gasteiger partial charge in [0.05, 0.1) is 35.5 Å². The van der Waals surface area contributed by atoms with Crippen LogP contribution in [0.2, 0.25) is 0 Å². The minimum absolute atomic E-state index is 0.0346. The van der Waals surface area contributed by atoms with E-state index in [1.807, 2.05) is 38.1 Å². The third kappa shape index (κ3) is 4.86. The van der Waals surface area contributed by atoms with Gasteiger partial charge in [-0.3, -0.25) is 9.59 Å². The summed E-state index contributed by atoms with van der Waals surface area (Å²) in [6.45, 7) is 9.38. The second-order valence-electron chi connectivity index (χ2n) is 8.87. The number of nitrogens with one attached hydrogen (secondary N) is 1. The fourth-order valence-electron chi connectivity index (χ4n) is 4.42. The van der Waals surface area contributed by atoms with Crippen LogP contribution >= 0.6 is 11.8 Å². The second kappa shape index (κ2) is 9.83. The molecular weight excluding hydrogens is 422 g/mol. The summed E-state index contributed by atoms with van der Waals surface area (Å²) < 4.78 is 5.28. The molecule has 170 valence electrons. The largest absolute Gasteiger partial charge is 0.497 e. The summed E-state index contributed by atoms with van der Waals surface area (Å²) in [5, 5.41) is 14.2. The lowest BCUT2D eigenvalue weighted by molar-refractivity contribution is -0.128. The Kier molecular flexibility index (Phi) is 7.35. The molecule has 1 aromatic rings. The van der Waals surface area contributed by atoms with Crippen molar-refractivity contribution in [3.63, 3.8) is 0 Å². The molecule has 0 saturated carbocycles. The number of nitrogens with zero attached hydrogens (tertiary/aromatic N) is 2. The number of ether oxygens (including phenoxy) is 1. The predicted octanol–water partition coefficient (Wildman–Crippen LogP) is 4.36. The van der Waals surface area contributed by atoms with Gasteiger partial charge in [-0.2, -0.15) is 5.26 Å². The van der Waals surface area contributed by atoms with Gasteiger partial charge < -0.3 is 15.0 Å². The summed E-state index contributed by atoms with van der Waals surface area (Å²) in [7, 11) is 1.61. The van der Waals surface area contributed by atoms with Gasteiger partial charge in [0.1, 0.15) is 5.75 Å². The summed E-state index contributed by atoms with van der Waals surface area (Å²) in [6.07, 6.45) is 1.16. The van der Waals surface area contributed by atoms with Crippen molar-refractivity contribution in [3.05, 3.63) is 51.7 Å². The molecule has 1 amide bonds. The van der Waals surface area contributed by atoms with E-state index in [9.17, 15) is 14.9 Å². The summed E-state index contributed by atoms with van der Waals surface area (Å²) in [5.74, 6) is 0.615. The number of hydrogen-bond donors (Lipinski definition) is 1. The highest BCUT2D eigenvalue weighted by molar-refractivity contribution is 8.03. The molecule has 3 rings (SSSR count). The molecule has 1 aliphatic heterocycles. The van der Waals surface area contributed by atoms with E-state index in [0.29, 0.717) is 42.1 Å². The van der Waals surface area contributed by atoms with E-state index >= 15 is 0 Å². The Morgan fingerprint density at radius 2 is 1.91 bits per heavy atom. The SMILES string of the molecule is CCN(CC)C(=O)CSC1=C(C#N)C(c2ccc(OC)cc2)C2=C(CC(C)(C)CC2=O)N1. The average Bonchev–Trinajstić information content (AvgIpc) is 2.76. The number of Topliss-reactive ketones (excluding diaryl/α,β-unsaturated/α-hetero) is 1. The first-order chi connectivity index (χ1) is 15.2. The van der Waals surface area contributed by atoms with Gasteiger partial charge in [0.25, 0.3) is 0 Å². The van der Waals surface area contributed by atoms with Crippen LogP contribution in [0.25, 0.3) is 0 Å². The van der Waals surface area contributed by atoms with E-state index in [2.05, 4.69) is 25.2 Å². The van der Waals surface area contributed by atoms with Gasteiger partial charge in [-0.25, -0.2) is 0 Å². The van der Waals surface area contributed by atoms with E-state index in [0.717, 1.165) is 17.0 Å². The summed E-state index contributed by atoms with van der Waals surface area (Å²) >= 11 is 1.35. The number of ketones is 1. The molecule has 0 bridgehead atoms. The standard InChI is InChI=1S/C25H31N3O3S/c1-6-28(7-2)21(30)15-32-24-18(14-26)22(16-8-10-17(31-5)11-9-16)23-19(27-24)12-25(3,4)13-20(23)29/h8-11,22,27H,6-7,12-13,15H2,1-5H3. The molecule has 1 heterocycles. The smallest absolute Gasteiger partial charge is 0.232 e. The monoisotopic (exact) mass is 453 g/mol. The number of methoxy groups -OCH3 is 1. The van der Waals surface area contributed by atoms with Gasteiger partial charge in [-0.1, -0.05) is 37.7 Å². The number of dihydropyridines is 1. The number of benzene rings is 1. The maximum atomic E-state index is 13.2. The summed E-state index contributed by atoms with van der Waals surface area (Å²) in [5.41, 5.74) is 2.73. The van der Waals surface area contributed by atoms with E-state index in [4.69, 9.17) is 4.74 Å². The van der Waals surface area contributed by atoms with Crippen LogP contribution in [0.1, 0.15) is 52.0 Å². The van der Waals surface area contributed by atoms with Crippen LogP contribution in [0.4, 0.5) is 0 Å². The Bertz CT molecular complexity index is 998. The molecule has 6 nitrogen and oxygen atoms in total. The number of amides is 1. The van der Waals surface area contributed by atoms with E-state index in [1.54, 1.807) is 12.0 Å². The minimum Gasteiger partial charge on any atom is -0.497 e. The molecular formula is C25H31N3O3S. The van der Waals surface area contributed by atoms with Crippen molar-refractivity contribution in [2.45, 2.75) is 46.5 Å². The zero-order chi connectivity index (χ0) is 23.5. The van der Waals surface area contributed by atoms with E-state index in [-0.39, 0.29) is 22.9 Å². The van der Waals surface area contributed by atoms with Crippen molar-refractivity contribution < 1.29 is 14.3 Å². The highest BCUT2D eigenvalue weighted by Crippen LogP contribution is 2.48. The molecule has 0 radical (unpaired) electrons. The maximum absolute atomic E-state index is 13.2. The van der Waals surface area contributed by atoms with Crippen LogP contribution in [0.5, 0.6) is 5.75 Å². The normalized spacial score (nSPS) is 19.8. The molecule has 2 aliphatic rings. The molecule has 0 aromatic heterocycles. The fraction of sp³-hybridized carbons (Fsp3) is 0.480. The molecule has 7 heteroatoms. The molecule has 0 spiro atoms. The Balaban J connectivity index is 2.03. The number of allylic oxidation sites excluding steroid dienone is 3. The molecule has 1 aromatic carbocycles. The fourth-order valence-corrected chi connectivity index (χ4v) is 5.39. The van der Waals surface area contributed by atoms with Crippen molar-refractivity contribution in [1.29, 1.82) is 5.26 Å². The van der Waals surface area contributed by atoms with Gasteiger partial charge in [0.15, 0.2) is 5.78 Å². The van der Waals surface area contributed by atoms with Gasteiger partial charge >= 0.3 is 0 Å². The van der Waals surface area contributed by atoms with Crippen LogP contribution in [0.15, 0.2) is 46.1 Å². The van der Waals surface area contributed by atoms with Crippen molar-refractivity contribution in [3.8, 4) is 11.8 Å².